The highest BCUT2D eigenvalue weighted by molar-refractivity contribution is 9.11. The van der Waals surface area contributed by atoms with Crippen molar-refractivity contribution < 1.29 is 0 Å². The first-order chi connectivity index (χ1) is 13.8. The third-order valence-corrected chi connectivity index (χ3v) is 6.21. The van der Waals surface area contributed by atoms with E-state index in [1.54, 1.807) is 0 Å². The molecular weight excluding hydrogens is 552 g/mol. The molecule has 0 spiro atoms. The third kappa shape index (κ3) is 9.46. The van der Waals surface area contributed by atoms with E-state index in [2.05, 4.69) is 125 Å². The van der Waals surface area contributed by atoms with Gasteiger partial charge in [0.1, 0.15) is 0 Å². The molecule has 0 bridgehead atoms. The SMILES string of the molecule is C=Cc1ccccc1Br.CC(C)c1ccccc1Br.Cc1ccccc1C(C)Br. The normalized spacial score (nSPS) is 10.9. The molecule has 29 heavy (non-hydrogen) atoms. The van der Waals surface area contributed by atoms with E-state index in [1.807, 2.05) is 36.4 Å². The van der Waals surface area contributed by atoms with E-state index in [0.717, 1.165) is 10.0 Å². The van der Waals surface area contributed by atoms with Crippen molar-refractivity contribution in [2.75, 3.05) is 0 Å². The number of halogens is 3. The Labute approximate surface area is 201 Å². The number of rotatable bonds is 3. The molecule has 3 aromatic rings. The van der Waals surface area contributed by atoms with Crippen molar-refractivity contribution in [1.82, 2.24) is 0 Å². The summed E-state index contributed by atoms with van der Waals surface area (Å²) in [6, 6.07) is 24.7. The van der Waals surface area contributed by atoms with Crippen LogP contribution in [0.15, 0.2) is 88.3 Å². The van der Waals surface area contributed by atoms with Gasteiger partial charge < -0.3 is 0 Å². The Balaban J connectivity index is 0.000000218. The number of hydrogen-bond acceptors (Lipinski definition) is 0. The predicted molar refractivity (Wildman–Crippen MR) is 141 cm³/mol. The molecule has 0 fully saturated rings. The summed E-state index contributed by atoms with van der Waals surface area (Å²) in [5, 5.41) is 0. The molecule has 3 rings (SSSR count). The second kappa shape index (κ2) is 14.0. The molecule has 0 saturated heterocycles. The molecule has 0 N–H and O–H groups in total. The van der Waals surface area contributed by atoms with Gasteiger partial charge >= 0.3 is 0 Å². The average molecular weight is 581 g/mol. The summed E-state index contributed by atoms with van der Waals surface area (Å²) in [6.45, 7) is 12.3. The maximum atomic E-state index is 3.66. The first kappa shape index (κ1) is 25.9. The Morgan fingerprint density at radius 1 is 0.724 bits per heavy atom. The zero-order chi connectivity index (χ0) is 21.8. The van der Waals surface area contributed by atoms with Gasteiger partial charge in [-0.2, -0.15) is 0 Å². The summed E-state index contributed by atoms with van der Waals surface area (Å²) in [4.78, 5) is 0.466. The van der Waals surface area contributed by atoms with Crippen molar-refractivity contribution in [2.45, 2.75) is 38.4 Å². The Hall–Kier alpha value is -1.16. The lowest BCUT2D eigenvalue weighted by Crippen LogP contribution is -1.86. The first-order valence-corrected chi connectivity index (χ1v) is 12.1. The third-order valence-electron chi connectivity index (χ3n) is 4.27. The highest BCUT2D eigenvalue weighted by Crippen LogP contribution is 2.24. The number of benzene rings is 3. The highest BCUT2D eigenvalue weighted by Gasteiger charge is 2.01. The Kier molecular flexibility index (Phi) is 12.4. The maximum absolute atomic E-state index is 3.66. The van der Waals surface area contributed by atoms with Crippen LogP contribution in [-0.4, -0.2) is 0 Å². The minimum atomic E-state index is 0.466. The monoisotopic (exact) mass is 578 g/mol. The van der Waals surface area contributed by atoms with Crippen LogP contribution in [0.5, 0.6) is 0 Å². The largest absolute Gasteiger partial charge is 0.0984 e. The first-order valence-electron chi connectivity index (χ1n) is 9.58. The molecule has 0 nitrogen and oxygen atoms in total. The van der Waals surface area contributed by atoms with E-state index in [4.69, 9.17) is 0 Å². The fraction of sp³-hybridized carbons (Fsp3) is 0.231. The van der Waals surface area contributed by atoms with E-state index in [-0.39, 0.29) is 0 Å². The topological polar surface area (TPSA) is 0 Å². The van der Waals surface area contributed by atoms with E-state index in [9.17, 15) is 0 Å². The second-order valence-electron chi connectivity index (χ2n) is 6.87. The van der Waals surface area contributed by atoms with Crippen molar-refractivity contribution >= 4 is 53.9 Å². The summed E-state index contributed by atoms with van der Waals surface area (Å²) < 4.78 is 2.31. The molecule has 0 aliphatic rings. The van der Waals surface area contributed by atoms with Crippen LogP contribution in [0, 0.1) is 6.92 Å². The lowest BCUT2D eigenvalue weighted by molar-refractivity contribution is 0.861. The Morgan fingerprint density at radius 2 is 1.21 bits per heavy atom. The average Bonchev–Trinajstić information content (AvgIpc) is 2.69. The fourth-order valence-corrected chi connectivity index (χ4v) is 4.32. The van der Waals surface area contributed by atoms with Crippen molar-refractivity contribution in [3.8, 4) is 0 Å². The van der Waals surface area contributed by atoms with Gasteiger partial charge in [0, 0.05) is 13.8 Å². The summed E-state index contributed by atoms with van der Waals surface area (Å²) in [6.07, 6.45) is 1.82. The molecular formula is C26H29Br3. The quantitative estimate of drug-likeness (QED) is 0.270. The van der Waals surface area contributed by atoms with Crippen LogP contribution in [0.4, 0.5) is 0 Å². The van der Waals surface area contributed by atoms with Crippen LogP contribution in [0.25, 0.3) is 6.08 Å². The van der Waals surface area contributed by atoms with Gasteiger partial charge in [-0.1, -0.05) is 135 Å². The van der Waals surface area contributed by atoms with Crippen LogP contribution < -0.4 is 0 Å². The summed E-state index contributed by atoms with van der Waals surface area (Å²) in [5.74, 6) is 0.607. The predicted octanol–water partition coefficient (Wildman–Crippen LogP) is 10.1. The van der Waals surface area contributed by atoms with Crippen molar-refractivity contribution in [3.05, 3.63) is 111 Å². The van der Waals surface area contributed by atoms with Gasteiger partial charge in [-0.05, 0) is 54.2 Å². The zero-order valence-electron chi connectivity index (χ0n) is 17.5. The zero-order valence-corrected chi connectivity index (χ0v) is 22.3. The van der Waals surface area contributed by atoms with Crippen LogP contribution in [0.3, 0.4) is 0 Å². The van der Waals surface area contributed by atoms with Crippen molar-refractivity contribution in [1.29, 1.82) is 0 Å². The molecule has 1 unspecified atom stereocenters. The molecule has 3 heteroatoms. The molecule has 0 aromatic heterocycles. The molecule has 0 saturated carbocycles. The lowest BCUT2D eigenvalue weighted by atomic mass is 10.0. The fourth-order valence-electron chi connectivity index (χ4n) is 2.62. The molecule has 0 amide bonds. The smallest absolute Gasteiger partial charge is 0.0369 e. The molecule has 3 aromatic carbocycles. The van der Waals surface area contributed by atoms with E-state index >= 15 is 0 Å². The van der Waals surface area contributed by atoms with Gasteiger partial charge in [-0.15, -0.1) is 0 Å². The molecule has 0 aliphatic heterocycles. The number of hydrogen-bond donors (Lipinski definition) is 0. The van der Waals surface area contributed by atoms with Gasteiger partial charge in [0.15, 0.2) is 0 Å². The van der Waals surface area contributed by atoms with Crippen molar-refractivity contribution in [3.63, 3.8) is 0 Å². The second-order valence-corrected chi connectivity index (χ2v) is 9.96. The van der Waals surface area contributed by atoms with Gasteiger partial charge in [0.2, 0.25) is 0 Å². The number of aryl methyl sites for hydroxylation is 1. The minimum Gasteiger partial charge on any atom is -0.0984 e. The van der Waals surface area contributed by atoms with Crippen LogP contribution >= 0.6 is 47.8 Å². The maximum Gasteiger partial charge on any atom is 0.0369 e. The van der Waals surface area contributed by atoms with E-state index < -0.39 is 0 Å². The van der Waals surface area contributed by atoms with Gasteiger partial charge in [-0.25, -0.2) is 0 Å². The molecule has 0 radical (unpaired) electrons. The van der Waals surface area contributed by atoms with Crippen LogP contribution in [-0.2, 0) is 0 Å². The Bertz CT molecular complexity index is 833. The van der Waals surface area contributed by atoms with Gasteiger partial charge in [0.25, 0.3) is 0 Å². The van der Waals surface area contributed by atoms with Crippen LogP contribution in [0.1, 0.15) is 53.8 Å². The van der Waals surface area contributed by atoms with E-state index in [0.29, 0.717) is 10.7 Å². The summed E-state index contributed by atoms with van der Waals surface area (Å²) in [7, 11) is 0. The molecule has 154 valence electrons. The molecule has 1 atom stereocenters. The standard InChI is InChI=1S/2C9H11Br.C8H7Br/c1-7-5-3-4-6-9(7)8(2)10;1-7(2)8-5-3-4-6-9(8)10;1-2-7-5-3-4-6-8(7)9/h3-6,8H,1-2H3;3-7H,1-2H3;2-6H,1H2. The number of alkyl halides is 1. The molecule has 0 heterocycles. The minimum absolute atomic E-state index is 0.466. The van der Waals surface area contributed by atoms with Gasteiger partial charge in [0.05, 0.1) is 0 Å². The summed E-state index contributed by atoms with van der Waals surface area (Å²) in [5.41, 5.74) is 5.24. The van der Waals surface area contributed by atoms with Crippen molar-refractivity contribution in [2.24, 2.45) is 0 Å². The lowest BCUT2D eigenvalue weighted by Gasteiger charge is -2.06. The summed E-state index contributed by atoms with van der Waals surface area (Å²) >= 11 is 10.4. The Morgan fingerprint density at radius 3 is 1.55 bits per heavy atom. The molecule has 0 aliphatic carbocycles. The highest BCUT2D eigenvalue weighted by atomic mass is 79.9. The van der Waals surface area contributed by atoms with Gasteiger partial charge in [-0.3, -0.25) is 0 Å². The van der Waals surface area contributed by atoms with Crippen LogP contribution in [0.2, 0.25) is 0 Å². The van der Waals surface area contributed by atoms with E-state index in [1.165, 1.54) is 21.2 Å².